The molecule has 1 saturated heterocycles. The van der Waals surface area contributed by atoms with Gasteiger partial charge in [0, 0.05) is 23.7 Å². The second kappa shape index (κ2) is 4.58. The molecule has 1 aromatic heterocycles. The number of likely N-dealkylation sites (N-methyl/N-ethyl adjacent to an activating group) is 1. The summed E-state index contributed by atoms with van der Waals surface area (Å²) in [6, 6.07) is 11.1. The van der Waals surface area contributed by atoms with Crippen LogP contribution in [0.5, 0.6) is 0 Å². The Morgan fingerprint density at radius 2 is 2.17 bits per heavy atom. The van der Waals surface area contributed by atoms with Gasteiger partial charge < -0.3 is 10.2 Å². The largest absolute Gasteiger partial charge is 0.379 e. The fourth-order valence-corrected chi connectivity index (χ4v) is 2.63. The van der Waals surface area contributed by atoms with E-state index in [4.69, 9.17) is 0 Å². The lowest BCUT2D eigenvalue weighted by Crippen LogP contribution is -2.23. The standard InChI is InChI=1S/C15H19N3/c1-11-6-7-12-4-3-5-14(15(12)16-11)17-13-8-9-18(2)10-13/h3-7,13,17H,8-10H2,1-2H3. The quantitative estimate of drug-likeness (QED) is 0.876. The van der Waals surface area contributed by atoms with Gasteiger partial charge in [0.1, 0.15) is 0 Å². The van der Waals surface area contributed by atoms with Crippen molar-refractivity contribution in [1.82, 2.24) is 9.88 Å². The van der Waals surface area contributed by atoms with Crippen LogP contribution in [0.3, 0.4) is 0 Å². The van der Waals surface area contributed by atoms with Crippen LogP contribution in [0.15, 0.2) is 30.3 Å². The zero-order valence-electron chi connectivity index (χ0n) is 11.0. The maximum absolute atomic E-state index is 4.66. The molecular weight excluding hydrogens is 222 g/mol. The minimum absolute atomic E-state index is 0.544. The first kappa shape index (κ1) is 11.5. The van der Waals surface area contributed by atoms with Crippen molar-refractivity contribution in [3.8, 4) is 0 Å². The molecular formula is C15H19N3. The van der Waals surface area contributed by atoms with Crippen LogP contribution in [0, 0.1) is 6.92 Å². The van der Waals surface area contributed by atoms with Gasteiger partial charge in [-0.15, -0.1) is 0 Å². The number of nitrogens with one attached hydrogen (secondary N) is 1. The van der Waals surface area contributed by atoms with Gasteiger partial charge in [0.2, 0.25) is 0 Å². The molecule has 0 spiro atoms. The number of hydrogen-bond donors (Lipinski definition) is 1. The van der Waals surface area contributed by atoms with E-state index in [1.54, 1.807) is 0 Å². The Hall–Kier alpha value is -1.61. The normalized spacial score (nSPS) is 20.4. The topological polar surface area (TPSA) is 28.2 Å². The van der Waals surface area contributed by atoms with E-state index in [2.05, 4.69) is 52.6 Å². The lowest BCUT2D eigenvalue weighted by atomic mass is 10.1. The average molecular weight is 241 g/mol. The van der Waals surface area contributed by atoms with Crippen molar-refractivity contribution in [1.29, 1.82) is 0 Å². The van der Waals surface area contributed by atoms with Crippen LogP contribution < -0.4 is 5.32 Å². The van der Waals surface area contributed by atoms with Gasteiger partial charge in [-0.2, -0.15) is 0 Å². The SMILES string of the molecule is Cc1ccc2cccc(NC3CCN(C)C3)c2n1. The molecule has 94 valence electrons. The van der Waals surface area contributed by atoms with E-state index in [0.29, 0.717) is 6.04 Å². The van der Waals surface area contributed by atoms with Crippen LogP contribution in [0.2, 0.25) is 0 Å². The fraction of sp³-hybridized carbons (Fsp3) is 0.400. The zero-order chi connectivity index (χ0) is 12.5. The highest BCUT2D eigenvalue weighted by Gasteiger charge is 2.19. The third-order valence-electron chi connectivity index (χ3n) is 3.61. The van der Waals surface area contributed by atoms with Crippen molar-refractivity contribution in [3.63, 3.8) is 0 Å². The molecule has 0 saturated carbocycles. The molecule has 3 nitrogen and oxygen atoms in total. The van der Waals surface area contributed by atoms with Crippen LogP contribution >= 0.6 is 0 Å². The number of para-hydroxylation sites is 1. The third kappa shape index (κ3) is 2.18. The van der Waals surface area contributed by atoms with Crippen LogP contribution in [0.25, 0.3) is 10.9 Å². The predicted molar refractivity (Wildman–Crippen MR) is 76.0 cm³/mol. The number of nitrogens with zero attached hydrogens (tertiary/aromatic N) is 2. The third-order valence-corrected chi connectivity index (χ3v) is 3.61. The van der Waals surface area contributed by atoms with Gasteiger partial charge in [-0.05, 0) is 39.1 Å². The number of rotatable bonds is 2. The van der Waals surface area contributed by atoms with E-state index < -0.39 is 0 Å². The van der Waals surface area contributed by atoms with E-state index in [0.717, 1.165) is 23.4 Å². The maximum Gasteiger partial charge on any atom is 0.0936 e. The molecule has 0 bridgehead atoms. The smallest absolute Gasteiger partial charge is 0.0936 e. The fourth-order valence-electron chi connectivity index (χ4n) is 2.63. The highest BCUT2D eigenvalue weighted by atomic mass is 15.2. The molecule has 3 heteroatoms. The zero-order valence-corrected chi connectivity index (χ0v) is 11.0. The van der Waals surface area contributed by atoms with Crippen LogP contribution in [0.4, 0.5) is 5.69 Å². The molecule has 1 aliphatic heterocycles. The number of fused-ring (bicyclic) bond motifs is 1. The molecule has 1 aliphatic rings. The molecule has 1 aromatic carbocycles. The van der Waals surface area contributed by atoms with Crippen LogP contribution in [-0.2, 0) is 0 Å². The molecule has 1 unspecified atom stereocenters. The Balaban J connectivity index is 1.93. The Morgan fingerprint density at radius 3 is 2.94 bits per heavy atom. The van der Waals surface area contributed by atoms with E-state index >= 15 is 0 Å². The highest BCUT2D eigenvalue weighted by molar-refractivity contribution is 5.90. The molecule has 0 amide bonds. The van der Waals surface area contributed by atoms with Crippen molar-refractivity contribution in [2.24, 2.45) is 0 Å². The minimum Gasteiger partial charge on any atom is -0.379 e. The number of anilines is 1. The van der Waals surface area contributed by atoms with Gasteiger partial charge in [0.05, 0.1) is 11.2 Å². The molecule has 0 radical (unpaired) electrons. The summed E-state index contributed by atoms with van der Waals surface area (Å²) in [4.78, 5) is 7.02. The van der Waals surface area contributed by atoms with Crippen molar-refractivity contribution in [2.45, 2.75) is 19.4 Å². The van der Waals surface area contributed by atoms with Crippen molar-refractivity contribution in [2.75, 3.05) is 25.5 Å². The van der Waals surface area contributed by atoms with Crippen molar-refractivity contribution in [3.05, 3.63) is 36.0 Å². The monoisotopic (exact) mass is 241 g/mol. The second-order valence-electron chi connectivity index (χ2n) is 5.22. The van der Waals surface area contributed by atoms with Crippen molar-refractivity contribution < 1.29 is 0 Å². The van der Waals surface area contributed by atoms with E-state index in [1.165, 1.54) is 18.4 Å². The first-order chi connectivity index (χ1) is 8.72. The van der Waals surface area contributed by atoms with E-state index in [1.807, 2.05) is 6.92 Å². The first-order valence-corrected chi connectivity index (χ1v) is 6.54. The summed E-state index contributed by atoms with van der Waals surface area (Å²) in [5, 5.41) is 4.84. The van der Waals surface area contributed by atoms with Gasteiger partial charge >= 0.3 is 0 Å². The molecule has 18 heavy (non-hydrogen) atoms. The van der Waals surface area contributed by atoms with Crippen LogP contribution in [0.1, 0.15) is 12.1 Å². The molecule has 2 aromatic rings. The van der Waals surface area contributed by atoms with Crippen molar-refractivity contribution >= 4 is 16.6 Å². The number of likely N-dealkylation sites (tertiary alicyclic amines) is 1. The molecule has 1 N–H and O–H groups in total. The Bertz CT molecular complexity index is 565. The summed E-state index contributed by atoms with van der Waals surface area (Å²) < 4.78 is 0. The van der Waals surface area contributed by atoms with Gasteiger partial charge in [-0.1, -0.05) is 18.2 Å². The van der Waals surface area contributed by atoms with E-state index in [-0.39, 0.29) is 0 Å². The lowest BCUT2D eigenvalue weighted by molar-refractivity contribution is 0.414. The van der Waals surface area contributed by atoms with Gasteiger partial charge in [0.15, 0.2) is 0 Å². The second-order valence-corrected chi connectivity index (χ2v) is 5.22. The maximum atomic E-state index is 4.66. The van der Waals surface area contributed by atoms with Gasteiger partial charge in [-0.25, -0.2) is 0 Å². The lowest BCUT2D eigenvalue weighted by Gasteiger charge is -2.15. The summed E-state index contributed by atoms with van der Waals surface area (Å²) in [7, 11) is 2.17. The molecule has 2 heterocycles. The summed E-state index contributed by atoms with van der Waals surface area (Å²) in [5.41, 5.74) is 3.32. The molecule has 3 rings (SSSR count). The minimum atomic E-state index is 0.544. The number of benzene rings is 1. The summed E-state index contributed by atoms with van der Waals surface area (Å²) >= 11 is 0. The Labute approximate surface area is 108 Å². The van der Waals surface area contributed by atoms with Gasteiger partial charge in [-0.3, -0.25) is 4.98 Å². The molecule has 1 atom stereocenters. The molecule has 1 fully saturated rings. The van der Waals surface area contributed by atoms with E-state index in [9.17, 15) is 0 Å². The number of aromatic nitrogens is 1. The average Bonchev–Trinajstić information content (AvgIpc) is 2.76. The highest BCUT2D eigenvalue weighted by Crippen LogP contribution is 2.24. The number of aryl methyl sites for hydroxylation is 1. The number of pyridine rings is 1. The first-order valence-electron chi connectivity index (χ1n) is 6.54. The van der Waals surface area contributed by atoms with Gasteiger partial charge in [0.25, 0.3) is 0 Å². The predicted octanol–water partition coefficient (Wildman–Crippen LogP) is 2.66. The Kier molecular flexibility index (Phi) is 2.92. The van der Waals surface area contributed by atoms with Crippen LogP contribution in [-0.4, -0.2) is 36.1 Å². The summed E-state index contributed by atoms with van der Waals surface area (Å²) in [6.45, 7) is 4.33. The molecule has 0 aliphatic carbocycles. The summed E-state index contributed by atoms with van der Waals surface area (Å²) in [6.07, 6.45) is 1.21. The summed E-state index contributed by atoms with van der Waals surface area (Å²) in [5.74, 6) is 0. The Morgan fingerprint density at radius 1 is 1.28 bits per heavy atom. The number of hydrogen-bond acceptors (Lipinski definition) is 3.